The van der Waals surface area contributed by atoms with E-state index >= 15 is 0 Å². The average molecular weight is 553 g/mol. The molecule has 5 aromatic rings. The van der Waals surface area contributed by atoms with Crippen LogP contribution in [0.3, 0.4) is 0 Å². The molecule has 1 nitrogen and oxygen atoms in total. The fraction of sp³-hybridized carbons (Fsp3) is 0.179. The summed E-state index contributed by atoms with van der Waals surface area (Å²) in [6.07, 6.45) is 2.41. The minimum Gasteiger partial charge on any atom is -0.387 e. The van der Waals surface area contributed by atoms with Gasteiger partial charge in [0.05, 0.1) is 11.5 Å². The second-order valence-electron chi connectivity index (χ2n) is 11.5. The average Bonchev–Trinajstić information content (AvgIpc) is 3.97. The van der Waals surface area contributed by atoms with Crippen LogP contribution in [-0.2, 0) is 5.41 Å². The Morgan fingerprint density at radius 1 is 0.634 bits per heavy atom. The van der Waals surface area contributed by atoms with Crippen molar-refractivity contribution in [3.63, 3.8) is 0 Å². The molecule has 41 heavy (non-hydrogen) atoms. The molecule has 0 aromatic heterocycles. The van der Waals surface area contributed by atoms with Crippen molar-refractivity contribution in [2.24, 2.45) is 11.3 Å². The van der Waals surface area contributed by atoms with Crippen molar-refractivity contribution in [1.82, 2.24) is 0 Å². The first kappa shape index (κ1) is 26.0. The molecule has 2 atom stereocenters. The van der Waals surface area contributed by atoms with Gasteiger partial charge in [0.1, 0.15) is 0 Å². The van der Waals surface area contributed by atoms with E-state index in [0.717, 1.165) is 24.8 Å². The molecule has 2 saturated carbocycles. The largest absolute Gasteiger partial charge is 0.387 e. The van der Waals surface area contributed by atoms with E-state index in [2.05, 4.69) is 121 Å². The molecule has 0 amide bonds. The number of halogens is 1. The van der Waals surface area contributed by atoms with Gasteiger partial charge in [-0.25, -0.2) is 0 Å². The van der Waals surface area contributed by atoms with E-state index in [1.165, 1.54) is 33.4 Å². The minimum atomic E-state index is -0.745. The van der Waals surface area contributed by atoms with Gasteiger partial charge >= 0.3 is 0 Å². The van der Waals surface area contributed by atoms with E-state index in [-0.39, 0.29) is 5.41 Å². The highest BCUT2D eigenvalue weighted by Gasteiger charge is 2.70. The lowest BCUT2D eigenvalue weighted by atomic mass is 9.57. The van der Waals surface area contributed by atoms with Gasteiger partial charge < -0.3 is 5.11 Å². The molecule has 0 bridgehead atoms. The third-order valence-corrected chi connectivity index (χ3v) is 9.68. The predicted octanol–water partition coefficient (Wildman–Crippen LogP) is 9.66. The topological polar surface area (TPSA) is 20.2 Å². The first-order chi connectivity index (χ1) is 20.1. The monoisotopic (exact) mass is 552 g/mol. The van der Waals surface area contributed by atoms with E-state index < -0.39 is 11.5 Å². The number of benzene rings is 5. The van der Waals surface area contributed by atoms with Gasteiger partial charge in [-0.15, -0.1) is 0 Å². The van der Waals surface area contributed by atoms with Crippen molar-refractivity contribution in [3.8, 4) is 0 Å². The summed E-state index contributed by atoms with van der Waals surface area (Å²) >= 11 is 6.31. The zero-order valence-corrected chi connectivity index (χ0v) is 23.7. The normalized spacial score (nSPS) is 18.0. The Balaban J connectivity index is 1.46. The molecule has 5 aromatic carbocycles. The molecule has 0 radical (unpaired) electrons. The number of aliphatic hydroxyl groups is 1. The number of hydrogen-bond acceptors (Lipinski definition) is 1. The quantitative estimate of drug-likeness (QED) is 0.203. The van der Waals surface area contributed by atoms with Gasteiger partial charge in [0.2, 0.25) is 0 Å². The van der Waals surface area contributed by atoms with Crippen molar-refractivity contribution in [1.29, 1.82) is 0 Å². The molecular formula is C39H33ClO. The fourth-order valence-corrected chi connectivity index (χ4v) is 7.62. The molecule has 0 aliphatic heterocycles. The molecule has 0 unspecified atom stereocenters. The summed E-state index contributed by atoms with van der Waals surface area (Å²) in [5.41, 5.74) is 7.83. The van der Waals surface area contributed by atoms with Crippen LogP contribution in [0.2, 0.25) is 5.02 Å². The lowest BCUT2D eigenvalue weighted by Crippen LogP contribution is -2.45. The maximum atomic E-state index is 12.7. The first-order valence-corrected chi connectivity index (χ1v) is 14.9. The number of allylic oxidation sites excluding steroid dienone is 1. The number of rotatable bonds is 8. The van der Waals surface area contributed by atoms with Crippen molar-refractivity contribution in [3.05, 3.63) is 184 Å². The zero-order chi connectivity index (χ0) is 27.9. The summed E-state index contributed by atoms with van der Waals surface area (Å²) in [5.74, 6) is 0.361. The van der Waals surface area contributed by atoms with Crippen LogP contribution in [-0.4, -0.2) is 5.11 Å². The lowest BCUT2D eigenvalue weighted by molar-refractivity contribution is 0.0464. The number of aliphatic hydroxyl groups excluding tert-OH is 1. The highest BCUT2D eigenvalue weighted by molar-refractivity contribution is 6.30. The van der Waals surface area contributed by atoms with E-state index in [1.54, 1.807) is 0 Å². The van der Waals surface area contributed by atoms with Crippen LogP contribution in [0, 0.1) is 11.3 Å². The fourth-order valence-electron chi connectivity index (χ4n) is 7.49. The third kappa shape index (κ3) is 4.36. The van der Waals surface area contributed by atoms with Crippen LogP contribution in [0.1, 0.15) is 53.2 Å². The standard InChI is InChI=1S/C39H33ClO/c40-33-23-21-30(22-24-33)37(41)39(31-17-9-3-10-18-31,32-19-11-4-12-20-32)38(25-26-38)35-27-34(35)36(28-13-5-1-6-14-28)29-15-7-2-8-16-29/h1-24,35,37,41H,25-27H2/t35-,37+/m1/s1. The van der Waals surface area contributed by atoms with E-state index in [1.807, 2.05) is 24.3 Å². The second kappa shape index (κ2) is 10.5. The molecule has 2 aliphatic rings. The Kier molecular flexibility index (Phi) is 6.66. The molecule has 2 heteroatoms. The molecule has 7 rings (SSSR count). The van der Waals surface area contributed by atoms with Crippen LogP contribution in [0.5, 0.6) is 0 Å². The lowest BCUT2D eigenvalue weighted by Gasteiger charge is -2.47. The van der Waals surface area contributed by atoms with Gasteiger partial charge in [-0.3, -0.25) is 0 Å². The number of hydrogen-bond donors (Lipinski definition) is 1. The Hall–Kier alpha value is -3.91. The Morgan fingerprint density at radius 2 is 1.07 bits per heavy atom. The Morgan fingerprint density at radius 3 is 1.51 bits per heavy atom. The van der Waals surface area contributed by atoms with E-state index in [4.69, 9.17) is 11.6 Å². The SMILES string of the molecule is O[C@@H](c1ccc(Cl)cc1)C(c1ccccc1)(c1ccccc1)C1([C@@H]2CC2=C(c2ccccc2)c2ccccc2)CC1. The molecule has 0 spiro atoms. The summed E-state index contributed by atoms with van der Waals surface area (Å²) in [5, 5.41) is 13.4. The maximum absolute atomic E-state index is 12.7. The summed E-state index contributed by atoms with van der Waals surface area (Å²) in [6.45, 7) is 0. The molecule has 2 aliphatic carbocycles. The highest BCUT2D eigenvalue weighted by atomic mass is 35.5. The van der Waals surface area contributed by atoms with Gasteiger partial charge in [0.25, 0.3) is 0 Å². The van der Waals surface area contributed by atoms with Crippen LogP contribution in [0.4, 0.5) is 0 Å². The molecular weight excluding hydrogens is 520 g/mol. The molecule has 0 saturated heterocycles. The summed E-state index contributed by atoms with van der Waals surface area (Å²) in [4.78, 5) is 0. The summed E-state index contributed by atoms with van der Waals surface area (Å²) in [6, 6.07) is 50.8. The minimum absolute atomic E-state index is 0.126. The van der Waals surface area contributed by atoms with Gasteiger partial charge in [-0.1, -0.05) is 151 Å². The third-order valence-electron chi connectivity index (χ3n) is 9.43. The van der Waals surface area contributed by atoms with Crippen molar-refractivity contribution < 1.29 is 5.11 Å². The second-order valence-corrected chi connectivity index (χ2v) is 12.0. The molecule has 2 fully saturated rings. The first-order valence-electron chi connectivity index (χ1n) is 14.5. The van der Waals surface area contributed by atoms with Crippen molar-refractivity contribution in [2.45, 2.75) is 30.8 Å². The van der Waals surface area contributed by atoms with Crippen LogP contribution < -0.4 is 0 Å². The van der Waals surface area contributed by atoms with Crippen LogP contribution in [0.25, 0.3) is 5.57 Å². The van der Waals surface area contributed by atoms with Crippen molar-refractivity contribution >= 4 is 17.2 Å². The Bertz CT molecular complexity index is 1570. The van der Waals surface area contributed by atoms with E-state index in [9.17, 15) is 5.11 Å². The summed E-state index contributed by atoms with van der Waals surface area (Å²) in [7, 11) is 0. The predicted molar refractivity (Wildman–Crippen MR) is 169 cm³/mol. The van der Waals surface area contributed by atoms with Crippen LogP contribution in [0.15, 0.2) is 151 Å². The summed E-state index contributed by atoms with van der Waals surface area (Å²) < 4.78 is 0. The smallest absolute Gasteiger partial charge is 0.0932 e. The molecule has 0 heterocycles. The van der Waals surface area contributed by atoms with Gasteiger partial charge in [-0.2, -0.15) is 0 Å². The Labute approximate surface area is 247 Å². The van der Waals surface area contributed by atoms with Gasteiger partial charge in [-0.05, 0) is 76.1 Å². The molecule has 1 N–H and O–H groups in total. The van der Waals surface area contributed by atoms with Crippen molar-refractivity contribution in [2.75, 3.05) is 0 Å². The maximum Gasteiger partial charge on any atom is 0.0932 e. The zero-order valence-electron chi connectivity index (χ0n) is 23.0. The highest BCUT2D eigenvalue weighted by Crippen LogP contribution is 2.76. The van der Waals surface area contributed by atoms with Gasteiger partial charge in [0, 0.05) is 5.02 Å². The molecule has 202 valence electrons. The van der Waals surface area contributed by atoms with E-state index in [0.29, 0.717) is 10.9 Å². The van der Waals surface area contributed by atoms with Crippen LogP contribution >= 0.6 is 11.6 Å². The van der Waals surface area contributed by atoms with Gasteiger partial charge in [0.15, 0.2) is 0 Å².